The number of rotatable bonds is 6. The Morgan fingerprint density at radius 2 is 1.96 bits per heavy atom. The number of carboxylic acid groups (broad SMARTS) is 1. The molecule has 1 fully saturated rings. The number of hydrogen-bond donors (Lipinski definition) is 3. The van der Waals surface area contributed by atoms with Crippen LogP contribution in [0.2, 0.25) is 5.02 Å². The summed E-state index contributed by atoms with van der Waals surface area (Å²) in [6.07, 6.45) is 0.436. The molecule has 0 saturated carbocycles. The Morgan fingerprint density at radius 1 is 1.26 bits per heavy atom. The molecule has 2 amide bonds. The number of nitrogens with one attached hydrogen (secondary N) is 1. The number of likely N-dealkylation sites (tertiary alicyclic amines) is 1. The molecule has 1 saturated heterocycles. The standard InChI is InChI=1S/C16H21ClN2O4/c17-13-5-3-11(4-6-13)14-9-19(8-12(14)10-20)16(23)18-7-1-2-15(21)22/h3-6,12,14,20H,1-2,7-10H2,(H,18,23)(H,21,22)/t12-,14-/m0/s1. The van der Waals surface area contributed by atoms with Gasteiger partial charge in [0.1, 0.15) is 0 Å². The molecule has 0 spiro atoms. The van der Waals surface area contributed by atoms with Gasteiger partial charge in [0.2, 0.25) is 0 Å². The lowest BCUT2D eigenvalue weighted by atomic mass is 9.90. The van der Waals surface area contributed by atoms with Gasteiger partial charge in [-0.2, -0.15) is 0 Å². The van der Waals surface area contributed by atoms with E-state index in [-0.39, 0.29) is 30.9 Å². The Hall–Kier alpha value is -1.79. The molecular weight excluding hydrogens is 320 g/mol. The van der Waals surface area contributed by atoms with Crippen molar-refractivity contribution >= 4 is 23.6 Å². The summed E-state index contributed by atoms with van der Waals surface area (Å²) in [5, 5.41) is 21.5. The number of carbonyl (C=O) groups is 2. The van der Waals surface area contributed by atoms with E-state index in [4.69, 9.17) is 16.7 Å². The molecule has 1 aliphatic heterocycles. The summed E-state index contributed by atoms with van der Waals surface area (Å²) in [5.74, 6) is -0.813. The van der Waals surface area contributed by atoms with Crippen LogP contribution in [-0.4, -0.2) is 53.4 Å². The predicted molar refractivity (Wildman–Crippen MR) is 86.6 cm³/mol. The SMILES string of the molecule is O=C(O)CCCNC(=O)N1C[C@@H](CO)[C@H](c2ccc(Cl)cc2)C1. The number of aliphatic hydroxyl groups is 1. The number of hydrogen-bond acceptors (Lipinski definition) is 3. The van der Waals surface area contributed by atoms with E-state index in [0.717, 1.165) is 5.56 Å². The summed E-state index contributed by atoms with van der Waals surface area (Å²) in [5.41, 5.74) is 1.05. The number of nitrogens with zero attached hydrogens (tertiary/aromatic N) is 1. The molecule has 0 unspecified atom stereocenters. The molecule has 7 heteroatoms. The molecule has 2 atom stereocenters. The van der Waals surface area contributed by atoms with Gasteiger partial charge >= 0.3 is 12.0 Å². The fraction of sp³-hybridized carbons (Fsp3) is 0.500. The van der Waals surface area contributed by atoms with E-state index in [9.17, 15) is 14.7 Å². The Kier molecular flexibility index (Phi) is 6.24. The van der Waals surface area contributed by atoms with Crippen LogP contribution >= 0.6 is 11.6 Å². The number of amides is 2. The summed E-state index contributed by atoms with van der Waals surface area (Å²) in [7, 11) is 0. The average Bonchev–Trinajstić information content (AvgIpc) is 2.96. The fourth-order valence-electron chi connectivity index (χ4n) is 2.86. The van der Waals surface area contributed by atoms with E-state index in [0.29, 0.717) is 31.1 Å². The minimum Gasteiger partial charge on any atom is -0.481 e. The largest absolute Gasteiger partial charge is 0.481 e. The van der Waals surface area contributed by atoms with Crippen molar-refractivity contribution in [3.63, 3.8) is 0 Å². The highest BCUT2D eigenvalue weighted by molar-refractivity contribution is 6.30. The summed E-state index contributed by atoms with van der Waals surface area (Å²) in [6.45, 7) is 1.35. The van der Waals surface area contributed by atoms with Crippen LogP contribution in [-0.2, 0) is 4.79 Å². The molecule has 0 aliphatic carbocycles. The Bertz CT molecular complexity index is 550. The second-order valence-corrected chi connectivity index (χ2v) is 6.17. The maximum Gasteiger partial charge on any atom is 0.317 e. The highest BCUT2D eigenvalue weighted by Gasteiger charge is 2.35. The Morgan fingerprint density at radius 3 is 2.57 bits per heavy atom. The summed E-state index contributed by atoms with van der Waals surface area (Å²) in [6, 6.07) is 7.23. The second kappa shape index (κ2) is 8.17. The number of halogens is 1. The van der Waals surface area contributed by atoms with Crippen LogP contribution in [0.1, 0.15) is 24.3 Å². The van der Waals surface area contributed by atoms with E-state index in [1.807, 2.05) is 12.1 Å². The maximum atomic E-state index is 12.1. The van der Waals surface area contributed by atoms with Crippen molar-refractivity contribution in [3.8, 4) is 0 Å². The van der Waals surface area contributed by atoms with Crippen LogP contribution in [0.4, 0.5) is 4.79 Å². The molecule has 1 heterocycles. The van der Waals surface area contributed by atoms with Gasteiger partial charge in [-0.15, -0.1) is 0 Å². The molecule has 23 heavy (non-hydrogen) atoms. The second-order valence-electron chi connectivity index (χ2n) is 5.73. The number of carboxylic acids is 1. The van der Waals surface area contributed by atoms with Gasteiger partial charge in [0.25, 0.3) is 0 Å². The molecule has 1 aliphatic rings. The number of urea groups is 1. The van der Waals surface area contributed by atoms with Gasteiger partial charge in [-0.05, 0) is 24.1 Å². The molecule has 126 valence electrons. The molecule has 1 aromatic rings. The third-order valence-electron chi connectivity index (χ3n) is 4.10. The number of aliphatic hydroxyl groups excluding tert-OH is 1. The summed E-state index contributed by atoms with van der Waals surface area (Å²) < 4.78 is 0. The van der Waals surface area contributed by atoms with Crippen LogP contribution in [0.3, 0.4) is 0 Å². The van der Waals surface area contributed by atoms with Crippen molar-refractivity contribution in [2.24, 2.45) is 5.92 Å². The number of carbonyl (C=O) groups excluding carboxylic acids is 1. The highest BCUT2D eigenvalue weighted by Crippen LogP contribution is 2.32. The first-order chi connectivity index (χ1) is 11.0. The Balaban J connectivity index is 1.91. The average molecular weight is 341 g/mol. The maximum absolute atomic E-state index is 12.1. The lowest BCUT2D eigenvalue weighted by Gasteiger charge is -2.17. The zero-order valence-electron chi connectivity index (χ0n) is 12.7. The Labute approximate surface area is 140 Å². The van der Waals surface area contributed by atoms with Crippen molar-refractivity contribution in [2.75, 3.05) is 26.2 Å². The minimum absolute atomic E-state index is 0.0100. The molecule has 2 rings (SSSR count). The van der Waals surface area contributed by atoms with Gasteiger partial charge < -0.3 is 20.4 Å². The van der Waals surface area contributed by atoms with Crippen LogP contribution in [0, 0.1) is 5.92 Å². The third kappa shape index (κ3) is 4.84. The summed E-state index contributed by atoms with van der Waals surface area (Å²) in [4.78, 5) is 24.3. The quantitative estimate of drug-likeness (QED) is 0.690. The van der Waals surface area contributed by atoms with Crippen LogP contribution < -0.4 is 5.32 Å². The van der Waals surface area contributed by atoms with Crippen molar-refractivity contribution in [3.05, 3.63) is 34.9 Å². The molecule has 1 aromatic carbocycles. The zero-order chi connectivity index (χ0) is 16.8. The van der Waals surface area contributed by atoms with Gasteiger partial charge in [-0.3, -0.25) is 4.79 Å². The molecule has 0 radical (unpaired) electrons. The monoisotopic (exact) mass is 340 g/mol. The lowest BCUT2D eigenvalue weighted by Crippen LogP contribution is -2.39. The van der Waals surface area contributed by atoms with E-state index >= 15 is 0 Å². The molecule has 0 bridgehead atoms. The topological polar surface area (TPSA) is 89.9 Å². The number of benzene rings is 1. The highest BCUT2D eigenvalue weighted by atomic mass is 35.5. The van der Waals surface area contributed by atoms with Crippen molar-refractivity contribution < 1.29 is 19.8 Å². The number of aliphatic carboxylic acids is 1. The molecular formula is C16H21ClN2O4. The van der Waals surface area contributed by atoms with Crippen molar-refractivity contribution in [2.45, 2.75) is 18.8 Å². The van der Waals surface area contributed by atoms with E-state index in [2.05, 4.69) is 5.32 Å². The first-order valence-electron chi connectivity index (χ1n) is 7.62. The lowest BCUT2D eigenvalue weighted by molar-refractivity contribution is -0.137. The van der Waals surface area contributed by atoms with E-state index < -0.39 is 5.97 Å². The van der Waals surface area contributed by atoms with E-state index in [1.54, 1.807) is 17.0 Å². The normalized spacial score (nSPS) is 20.5. The van der Waals surface area contributed by atoms with Crippen molar-refractivity contribution in [1.82, 2.24) is 10.2 Å². The first kappa shape index (κ1) is 17.6. The van der Waals surface area contributed by atoms with Gasteiger partial charge in [0, 0.05) is 49.5 Å². The third-order valence-corrected chi connectivity index (χ3v) is 4.36. The first-order valence-corrected chi connectivity index (χ1v) is 8.00. The molecule has 3 N–H and O–H groups in total. The fourth-order valence-corrected chi connectivity index (χ4v) is 2.98. The smallest absolute Gasteiger partial charge is 0.317 e. The van der Waals surface area contributed by atoms with Crippen molar-refractivity contribution in [1.29, 1.82) is 0 Å². The predicted octanol–water partition coefficient (Wildman–Crippen LogP) is 1.92. The summed E-state index contributed by atoms with van der Waals surface area (Å²) >= 11 is 5.90. The van der Waals surface area contributed by atoms with Gasteiger partial charge in [0.05, 0.1) is 0 Å². The van der Waals surface area contributed by atoms with Crippen LogP contribution in [0.5, 0.6) is 0 Å². The van der Waals surface area contributed by atoms with Gasteiger partial charge in [-0.25, -0.2) is 4.79 Å². The van der Waals surface area contributed by atoms with E-state index in [1.165, 1.54) is 0 Å². The van der Waals surface area contributed by atoms with Crippen LogP contribution in [0.15, 0.2) is 24.3 Å². The van der Waals surface area contributed by atoms with Crippen LogP contribution in [0.25, 0.3) is 0 Å². The molecule has 6 nitrogen and oxygen atoms in total. The zero-order valence-corrected chi connectivity index (χ0v) is 13.5. The van der Waals surface area contributed by atoms with Gasteiger partial charge in [0.15, 0.2) is 0 Å². The van der Waals surface area contributed by atoms with Gasteiger partial charge in [-0.1, -0.05) is 23.7 Å². The molecule has 0 aromatic heterocycles. The minimum atomic E-state index is -0.872.